The fraction of sp³-hybridized carbons (Fsp3) is 0.364. The smallest absolute Gasteiger partial charge is 0.340 e. The van der Waals surface area contributed by atoms with Gasteiger partial charge >= 0.3 is 5.97 Å². The zero-order chi connectivity index (χ0) is 11.5. The van der Waals surface area contributed by atoms with Gasteiger partial charge in [0.2, 0.25) is 0 Å². The molecule has 0 aromatic heterocycles. The van der Waals surface area contributed by atoms with Crippen molar-refractivity contribution in [1.82, 2.24) is 0 Å². The summed E-state index contributed by atoms with van der Waals surface area (Å²) in [6.45, 7) is 3.57. The first-order chi connectivity index (χ1) is 6.98. The molecule has 15 heavy (non-hydrogen) atoms. The first-order valence-corrected chi connectivity index (χ1v) is 4.67. The number of carboxylic acid groups (broad SMARTS) is 1. The van der Waals surface area contributed by atoms with Crippen molar-refractivity contribution >= 4 is 5.97 Å². The molecule has 0 radical (unpaired) electrons. The zero-order valence-corrected chi connectivity index (χ0v) is 8.73. The standard InChI is InChI=1S/C11H14O4/c1-3-15-9-6-4-5-8(7-9)11(2,14)10(12)13/h4-7,14H,3H2,1-2H3,(H,12,13)/t11-/m1/s1. The van der Waals surface area contributed by atoms with Crippen molar-refractivity contribution in [2.75, 3.05) is 6.61 Å². The van der Waals surface area contributed by atoms with E-state index in [-0.39, 0.29) is 0 Å². The van der Waals surface area contributed by atoms with Crippen molar-refractivity contribution in [3.05, 3.63) is 29.8 Å². The Labute approximate surface area is 88.1 Å². The van der Waals surface area contributed by atoms with Crippen LogP contribution in [0.3, 0.4) is 0 Å². The van der Waals surface area contributed by atoms with Gasteiger partial charge in [0, 0.05) is 0 Å². The Bertz CT molecular complexity index is 357. The summed E-state index contributed by atoms with van der Waals surface area (Å²) in [5, 5.41) is 18.5. The highest BCUT2D eigenvalue weighted by atomic mass is 16.5. The molecule has 1 rings (SSSR count). The van der Waals surface area contributed by atoms with Crippen molar-refractivity contribution in [3.63, 3.8) is 0 Å². The number of aliphatic carboxylic acids is 1. The number of carboxylic acids is 1. The van der Waals surface area contributed by atoms with E-state index in [0.717, 1.165) is 0 Å². The van der Waals surface area contributed by atoms with Crippen LogP contribution in [0.5, 0.6) is 5.75 Å². The molecule has 1 atom stereocenters. The van der Waals surface area contributed by atoms with Crippen LogP contribution in [-0.4, -0.2) is 22.8 Å². The van der Waals surface area contributed by atoms with Crippen LogP contribution < -0.4 is 4.74 Å². The zero-order valence-electron chi connectivity index (χ0n) is 8.73. The highest BCUT2D eigenvalue weighted by molar-refractivity contribution is 5.78. The van der Waals surface area contributed by atoms with Crippen molar-refractivity contribution in [2.45, 2.75) is 19.4 Å². The molecule has 0 spiro atoms. The van der Waals surface area contributed by atoms with Crippen molar-refractivity contribution in [3.8, 4) is 5.75 Å². The highest BCUT2D eigenvalue weighted by Gasteiger charge is 2.32. The maximum Gasteiger partial charge on any atom is 0.340 e. The number of hydrogen-bond donors (Lipinski definition) is 2. The number of rotatable bonds is 4. The van der Waals surface area contributed by atoms with E-state index in [1.54, 1.807) is 18.2 Å². The molecular formula is C11H14O4. The number of benzene rings is 1. The van der Waals surface area contributed by atoms with Crippen LogP contribution >= 0.6 is 0 Å². The lowest BCUT2D eigenvalue weighted by Crippen LogP contribution is -2.31. The van der Waals surface area contributed by atoms with Gasteiger partial charge in [-0.1, -0.05) is 12.1 Å². The van der Waals surface area contributed by atoms with E-state index in [1.165, 1.54) is 13.0 Å². The summed E-state index contributed by atoms with van der Waals surface area (Å²) in [5.41, 5.74) is -1.58. The molecular weight excluding hydrogens is 196 g/mol. The van der Waals surface area contributed by atoms with Crippen molar-refractivity contribution < 1.29 is 19.7 Å². The van der Waals surface area contributed by atoms with Gasteiger partial charge in [-0.05, 0) is 31.5 Å². The average Bonchev–Trinajstić information content (AvgIpc) is 2.18. The number of aliphatic hydroxyl groups is 1. The molecule has 2 N–H and O–H groups in total. The van der Waals surface area contributed by atoms with Gasteiger partial charge in [-0.3, -0.25) is 0 Å². The molecule has 0 aliphatic carbocycles. The van der Waals surface area contributed by atoms with Crippen LogP contribution in [0.1, 0.15) is 19.4 Å². The first kappa shape index (κ1) is 11.5. The molecule has 0 unspecified atom stereocenters. The van der Waals surface area contributed by atoms with Crippen LogP contribution in [0.2, 0.25) is 0 Å². The second-order valence-electron chi connectivity index (χ2n) is 3.34. The number of ether oxygens (including phenoxy) is 1. The number of hydrogen-bond acceptors (Lipinski definition) is 3. The lowest BCUT2D eigenvalue weighted by Gasteiger charge is -2.18. The van der Waals surface area contributed by atoms with E-state index in [9.17, 15) is 9.90 Å². The lowest BCUT2D eigenvalue weighted by atomic mass is 9.96. The minimum Gasteiger partial charge on any atom is -0.494 e. The molecule has 4 heteroatoms. The summed E-state index contributed by atoms with van der Waals surface area (Å²) < 4.78 is 5.22. The van der Waals surface area contributed by atoms with Gasteiger partial charge in [-0.2, -0.15) is 0 Å². The Balaban J connectivity index is 3.04. The predicted molar refractivity (Wildman–Crippen MR) is 54.8 cm³/mol. The molecule has 4 nitrogen and oxygen atoms in total. The van der Waals surface area contributed by atoms with Crippen LogP contribution in [0.4, 0.5) is 0 Å². The normalized spacial score (nSPS) is 14.3. The quantitative estimate of drug-likeness (QED) is 0.787. The monoisotopic (exact) mass is 210 g/mol. The Kier molecular flexibility index (Phi) is 3.31. The van der Waals surface area contributed by atoms with E-state index >= 15 is 0 Å². The minimum atomic E-state index is -1.88. The third kappa shape index (κ3) is 2.47. The summed E-state index contributed by atoms with van der Waals surface area (Å²) in [5.74, 6) is -0.729. The lowest BCUT2D eigenvalue weighted by molar-refractivity contribution is -0.157. The second-order valence-corrected chi connectivity index (χ2v) is 3.34. The average molecular weight is 210 g/mol. The number of carbonyl (C=O) groups is 1. The van der Waals surface area contributed by atoms with Gasteiger partial charge < -0.3 is 14.9 Å². The summed E-state index contributed by atoms with van der Waals surface area (Å²) >= 11 is 0. The largest absolute Gasteiger partial charge is 0.494 e. The first-order valence-electron chi connectivity index (χ1n) is 4.67. The molecule has 0 saturated heterocycles. The van der Waals surface area contributed by atoms with E-state index < -0.39 is 11.6 Å². The van der Waals surface area contributed by atoms with Gasteiger partial charge in [-0.15, -0.1) is 0 Å². The molecule has 82 valence electrons. The van der Waals surface area contributed by atoms with E-state index in [0.29, 0.717) is 17.9 Å². The second kappa shape index (κ2) is 4.31. The summed E-state index contributed by atoms with van der Waals surface area (Å²) in [4.78, 5) is 10.8. The molecule has 0 saturated carbocycles. The molecule has 0 aliphatic heterocycles. The molecule has 0 aliphatic rings. The van der Waals surface area contributed by atoms with Crippen LogP contribution in [0.15, 0.2) is 24.3 Å². The molecule has 0 amide bonds. The van der Waals surface area contributed by atoms with Gasteiger partial charge in [0.25, 0.3) is 0 Å². The van der Waals surface area contributed by atoms with E-state index in [1.807, 2.05) is 6.92 Å². The maximum absolute atomic E-state index is 10.8. The van der Waals surface area contributed by atoms with Gasteiger partial charge in [0.1, 0.15) is 5.75 Å². The fourth-order valence-electron chi connectivity index (χ4n) is 1.18. The molecule has 1 aromatic rings. The molecule has 0 heterocycles. The third-order valence-corrected chi connectivity index (χ3v) is 2.12. The molecule has 1 aromatic carbocycles. The van der Waals surface area contributed by atoms with Crippen molar-refractivity contribution in [2.24, 2.45) is 0 Å². The predicted octanol–water partition coefficient (Wildman–Crippen LogP) is 1.38. The summed E-state index contributed by atoms with van der Waals surface area (Å²) in [6.07, 6.45) is 0. The van der Waals surface area contributed by atoms with E-state index in [4.69, 9.17) is 9.84 Å². The Morgan fingerprint density at radius 3 is 2.73 bits per heavy atom. The summed E-state index contributed by atoms with van der Waals surface area (Å²) in [6, 6.07) is 6.44. The Morgan fingerprint density at radius 1 is 1.53 bits per heavy atom. The van der Waals surface area contributed by atoms with E-state index in [2.05, 4.69) is 0 Å². The molecule has 0 fully saturated rings. The maximum atomic E-state index is 10.8. The Hall–Kier alpha value is -1.55. The topological polar surface area (TPSA) is 66.8 Å². The van der Waals surface area contributed by atoms with Crippen LogP contribution in [0, 0.1) is 0 Å². The third-order valence-electron chi connectivity index (χ3n) is 2.12. The fourth-order valence-corrected chi connectivity index (χ4v) is 1.18. The SMILES string of the molecule is CCOc1cccc([C@@](C)(O)C(=O)O)c1. The van der Waals surface area contributed by atoms with Gasteiger partial charge in [-0.25, -0.2) is 4.79 Å². The molecule has 0 bridgehead atoms. The Morgan fingerprint density at radius 2 is 2.20 bits per heavy atom. The summed E-state index contributed by atoms with van der Waals surface area (Å²) in [7, 11) is 0. The van der Waals surface area contributed by atoms with Gasteiger partial charge in [0.15, 0.2) is 5.60 Å². The minimum absolute atomic E-state index is 0.306. The van der Waals surface area contributed by atoms with Gasteiger partial charge in [0.05, 0.1) is 6.61 Å². The highest BCUT2D eigenvalue weighted by Crippen LogP contribution is 2.24. The van der Waals surface area contributed by atoms with Crippen LogP contribution in [0.25, 0.3) is 0 Å². The van der Waals surface area contributed by atoms with Crippen molar-refractivity contribution in [1.29, 1.82) is 0 Å². The van der Waals surface area contributed by atoms with Crippen LogP contribution in [-0.2, 0) is 10.4 Å².